The third-order valence-corrected chi connectivity index (χ3v) is 3.94. The predicted octanol–water partition coefficient (Wildman–Crippen LogP) is 2.60. The Morgan fingerprint density at radius 2 is 0.913 bits per heavy atom. The van der Waals surface area contributed by atoms with Crippen molar-refractivity contribution >= 4 is 17.7 Å². The lowest BCUT2D eigenvalue weighted by Gasteiger charge is -2.39. The molecule has 0 aromatic heterocycles. The van der Waals surface area contributed by atoms with Gasteiger partial charge in [-0.25, -0.2) is 0 Å². The molecule has 0 rings (SSSR count). The van der Waals surface area contributed by atoms with Gasteiger partial charge in [-0.15, -0.1) is 0 Å². The first kappa shape index (κ1) is 28.3. The van der Waals surface area contributed by atoms with Gasteiger partial charge in [-0.2, -0.15) is 0 Å². The van der Waals surface area contributed by atoms with Crippen LogP contribution in [0.5, 0.6) is 0 Å². The standard InChI is InChI=1S/C16H36N.H3O4P.H3P/c1-5-9-13-17(14-10-6-2,15-11-7-3)16-12-8-4;1-5(2,3)4;/h5-16H2,1-4H3;(H3,1,2,3,4);1H3/q+1;;/p-1. The van der Waals surface area contributed by atoms with Crippen LogP contribution < -0.4 is 9.79 Å². The smallest absolute Gasteiger partial charge is 0.0786 e. The van der Waals surface area contributed by atoms with E-state index < -0.39 is 7.82 Å². The zero-order valence-electron chi connectivity index (χ0n) is 16.1. The third kappa shape index (κ3) is 22.5. The highest BCUT2D eigenvalue weighted by atomic mass is 31.2. The Labute approximate surface area is 147 Å². The lowest BCUT2D eigenvalue weighted by Crippen LogP contribution is -2.50. The van der Waals surface area contributed by atoms with E-state index in [1.807, 2.05) is 0 Å². The van der Waals surface area contributed by atoms with Gasteiger partial charge in [-0.05, 0) is 35.6 Å². The molecule has 0 aliphatic heterocycles. The summed E-state index contributed by atoms with van der Waals surface area (Å²) in [5.41, 5.74) is 0. The van der Waals surface area contributed by atoms with Crippen LogP contribution in [0.25, 0.3) is 0 Å². The topological polar surface area (TPSA) is 83.4 Å². The van der Waals surface area contributed by atoms with E-state index in [0.717, 1.165) is 0 Å². The molecule has 1 unspecified atom stereocenters. The normalized spacial score (nSPS) is 11.4. The van der Waals surface area contributed by atoms with Crippen molar-refractivity contribution in [3.05, 3.63) is 0 Å². The summed E-state index contributed by atoms with van der Waals surface area (Å²) in [4.78, 5) is 24.3. The maximum absolute atomic E-state index is 8.66. The van der Waals surface area contributed by atoms with E-state index >= 15 is 0 Å². The second kappa shape index (κ2) is 17.3. The minimum atomic E-state index is -5.14. The highest BCUT2D eigenvalue weighted by molar-refractivity contribution is 7.42. The van der Waals surface area contributed by atoms with Crippen molar-refractivity contribution in [1.29, 1.82) is 0 Å². The molecule has 0 saturated carbocycles. The maximum Gasteiger partial charge on any atom is 0.0786 e. The van der Waals surface area contributed by atoms with E-state index in [2.05, 4.69) is 27.7 Å². The van der Waals surface area contributed by atoms with Crippen LogP contribution in [0, 0.1) is 0 Å². The fraction of sp³-hybridized carbons (Fsp3) is 1.00. The molecular weight excluding hydrogens is 332 g/mol. The van der Waals surface area contributed by atoms with Crippen LogP contribution in [0.1, 0.15) is 79.1 Å². The van der Waals surface area contributed by atoms with Crippen molar-refractivity contribution < 1.29 is 23.7 Å². The van der Waals surface area contributed by atoms with Crippen molar-refractivity contribution in [3.8, 4) is 0 Å². The molecule has 1 N–H and O–H groups in total. The van der Waals surface area contributed by atoms with Gasteiger partial charge in [0.25, 0.3) is 0 Å². The molecule has 0 aliphatic carbocycles. The van der Waals surface area contributed by atoms with Crippen LogP contribution in [-0.4, -0.2) is 35.6 Å². The lowest BCUT2D eigenvalue weighted by molar-refractivity contribution is -0.929. The van der Waals surface area contributed by atoms with Gasteiger partial charge in [0.05, 0.1) is 34.0 Å². The minimum absolute atomic E-state index is 0. The first-order valence-corrected chi connectivity index (χ1v) is 10.3. The SMILES string of the molecule is CCCC[N+](CCCC)(CCCC)CCCC.O=P([O-])([O-])O.[PH4+]. The third-order valence-electron chi connectivity index (χ3n) is 3.94. The molecule has 0 aromatic rings. The summed E-state index contributed by atoms with van der Waals surface area (Å²) in [7, 11) is -5.14. The maximum atomic E-state index is 8.66. The first-order valence-electron chi connectivity index (χ1n) is 8.84. The molecular formula is C16H41NO4P2. The highest BCUT2D eigenvalue weighted by Crippen LogP contribution is 2.16. The Balaban J connectivity index is -0.000000578. The average Bonchev–Trinajstić information content (AvgIpc) is 2.44. The minimum Gasteiger partial charge on any atom is -0.790 e. The van der Waals surface area contributed by atoms with Crippen molar-refractivity contribution in [2.45, 2.75) is 79.1 Å². The molecule has 0 spiro atoms. The Kier molecular flexibility index (Phi) is 21.3. The molecule has 0 bridgehead atoms. The van der Waals surface area contributed by atoms with E-state index in [4.69, 9.17) is 19.2 Å². The highest BCUT2D eigenvalue weighted by Gasteiger charge is 2.24. The van der Waals surface area contributed by atoms with Crippen molar-refractivity contribution in [1.82, 2.24) is 0 Å². The fourth-order valence-electron chi connectivity index (χ4n) is 2.64. The molecule has 1 atom stereocenters. The van der Waals surface area contributed by atoms with Crippen LogP contribution in [0.3, 0.4) is 0 Å². The summed E-state index contributed by atoms with van der Waals surface area (Å²) < 4.78 is 10.1. The van der Waals surface area contributed by atoms with Crippen molar-refractivity contribution in [3.63, 3.8) is 0 Å². The van der Waals surface area contributed by atoms with Crippen LogP contribution >= 0.6 is 17.7 Å². The lowest BCUT2D eigenvalue weighted by atomic mass is 10.1. The summed E-state index contributed by atoms with van der Waals surface area (Å²) in [6, 6.07) is 0. The molecule has 7 heteroatoms. The zero-order chi connectivity index (χ0) is 17.5. The number of phosphoric acid groups is 1. The van der Waals surface area contributed by atoms with Gasteiger partial charge in [-0.3, -0.25) is 0 Å². The molecule has 0 aliphatic rings. The number of hydrogen-bond donors (Lipinski definition) is 1. The van der Waals surface area contributed by atoms with Gasteiger partial charge in [-0.1, -0.05) is 53.4 Å². The quantitative estimate of drug-likeness (QED) is 0.421. The number of rotatable bonds is 12. The Morgan fingerprint density at radius 3 is 1.04 bits per heavy atom. The van der Waals surface area contributed by atoms with Crippen LogP contribution in [0.2, 0.25) is 0 Å². The molecule has 5 nitrogen and oxygen atoms in total. The molecule has 0 heterocycles. The summed E-state index contributed by atoms with van der Waals surface area (Å²) in [6.45, 7) is 15.0. The molecule has 0 radical (unpaired) electrons. The van der Waals surface area contributed by atoms with Gasteiger partial charge in [0.2, 0.25) is 0 Å². The number of nitrogens with zero attached hydrogens (tertiary/aromatic N) is 1. The Hall–Kier alpha value is 0.500. The molecule has 0 amide bonds. The molecule has 144 valence electrons. The summed E-state index contributed by atoms with van der Waals surface area (Å²) in [6.07, 6.45) is 11.1. The van der Waals surface area contributed by atoms with Gasteiger partial charge in [0, 0.05) is 0 Å². The fourth-order valence-corrected chi connectivity index (χ4v) is 2.64. The number of hydrogen-bond acceptors (Lipinski definition) is 3. The van der Waals surface area contributed by atoms with Crippen LogP contribution in [0.4, 0.5) is 0 Å². The second-order valence-corrected chi connectivity index (χ2v) is 7.06. The Morgan fingerprint density at radius 1 is 0.739 bits per heavy atom. The average molecular weight is 373 g/mol. The first-order chi connectivity index (χ1) is 10.2. The van der Waals surface area contributed by atoms with Crippen LogP contribution in [0.15, 0.2) is 0 Å². The molecule has 0 saturated heterocycles. The predicted molar refractivity (Wildman–Crippen MR) is 102 cm³/mol. The van der Waals surface area contributed by atoms with E-state index in [1.165, 1.54) is 82.0 Å². The van der Waals surface area contributed by atoms with Gasteiger partial charge < -0.3 is 23.7 Å². The van der Waals surface area contributed by atoms with Crippen LogP contribution in [-0.2, 0) is 4.57 Å². The second-order valence-electron chi connectivity index (χ2n) is 6.12. The van der Waals surface area contributed by atoms with Gasteiger partial charge >= 0.3 is 0 Å². The number of quaternary nitrogens is 1. The largest absolute Gasteiger partial charge is 0.790 e. The zero-order valence-corrected chi connectivity index (χ0v) is 18.9. The summed E-state index contributed by atoms with van der Waals surface area (Å²) >= 11 is 0. The van der Waals surface area contributed by atoms with E-state index in [-0.39, 0.29) is 9.90 Å². The van der Waals surface area contributed by atoms with E-state index in [1.54, 1.807) is 0 Å². The van der Waals surface area contributed by atoms with Crippen molar-refractivity contribution in [2.24, 2.45) is 0 Å². The van der Waals surface area contributed by atoms with Gasteiger partial charge in [0.15, 0.2) is 0 Å². The van der Waals surface area contributed by atoms with Gasteiger partial charge in [0.1, 0.15) is 0 Å². The summed E-state index contributed by atoms with van der Waals surface area (Å²) in [5, 5.41) is 0. The molecule has 0 fully saturated rings. The van der Waals surface area contributed by atoms with E-state index in [0.29, 0.717) is 0 Å². The molecule has 0 aromatic carbocycles. The molecule has 23 heavy (non-hydrogen) atoms. The number of unbranched alkanes of at least 4 members (excludes halogenated alkanes) is 4. The Bertz CT molecular complexity index is 239. The van der Waals surface area contributed by atoms with Crippen molar-refractivity contribution in [2.75, 3.05) is 26.2 Å². The van der Waals surface area contributed by atoms with E-state index in [9.17, 15) is 0 Å². The monoisotopic (exact) mass is 373 g/mol. The summed E-state index contributed by atoms with van der Waals surface area (Å²) in [5.74, 6) is 0.